The fraction of sp³-hybridized carbons (Fsp3) is 0.588. The Morgan fingerprint density at radius 1 is 1.41 bits per heavy atom. The van der Waals surface area contributed by atoms with Crippen molar-refractivity contribution in [2.24, 2.45) is 0 Å². The maximum absolute atomic E-state index is 12.1. The van der Waals surface area contributed by atoms with Gasteiger partial charge in [-0.15, -0.1) is 0 Å². The molecule has 122 valence electrons. The Bertz CT molecular complexity index is 511. The van der Waals surface area contributed by atoms with Crippen LogP contribution >= 0.6 is 0 Å². The molecule has 1 amide bonds. The van der Waals surface area contributed by atoms with Crippen molar-refractivity contribution < 1.29 is 9.53 Å². The summed E-state index contributed by atoms with van der Waals surface area (Å²) >= 11 is 0. The van der Waals surface area contributed by atoms with E-state index < -0.39 is 5.60 Å². The maximum Gasteiger partial charge on any atom is 0.410 e. The van der Waals surface area contributed by atoms with Crippen LogP contribution in [0.1, 0.15) is 39.2 Å². The number of ether oxygens (including phenoxy) is 1. The van der Waals surface area contributed by atoms with Gasteiger partial charge in [0.2, 0.25) is 0 Å². The number of hydrogen-bond acceptors (Lipinski definition) is 4. The molecule has 2 rings (SSSR count). The monoisotopic (exact) mass is 305 g/mol. The Hall–Kier alpha value is -1.75. The Kier molecular flexibility index (Phi) is 5.29. The number of carbonyl (C=O) groups is 1. The second-order valence-corrected chi connectivity index (χ2v) is 6.85. The smallest absolute Gasteiger partial charge is 0.410 e. The molecule has 1 aromatic rings. The van der Waals surface area contributed by atoms with E-state index in [4.69, 9.17) is 10.5 Å². The third-order valence-corrected chi connectivity index (χ3v) is 3.71. The number of rotatable bonds is 3. The quantitative estimate of drug-likeness (QED) is 0.843. The van der Waals surface area contributed by atoms with Crippen molar-refractivity contribution in [1.82, 2.24) is 10.2 Å². The van der Waals surface area contributed by atoms with Crippen LogP contribution in [0.15, 0.2) is 24.3 Å². The van der Waals surface area contributed by atoms with Crippen molar-refractivity contribution in [2.45, 2.75) is 51.8 Å². The van der Waals surface area contributed by atoms with Gasteiger partial charge in [-0.25, -0.2) is 4.79 Å². The number of nitrogens with zero attached hydrogens (tertiary/aromatic N) is 1. The summed E-state index contributed by atoms with van der Waals surface area (Å²) in [5, 5.41) is 3.50. The van der Waals surface area contributed by atoms with E-state index >= 15 is 0 Å². The predicted molar refractivity (Wildman–Crippen MR) is 88.5 cm³/mol. The Labute approximate surface area is 132 Å². The van der Waals surface area contributed by atoms with Crippen molar-refractivity contribution in [3.05, 3.63) is 29.8 Å². The van der Waals surface area contributed by atoms with Crippen molar-refractivity contribution in [2.75, 3.05) is 18.8 Å². The maximum atomic E-state index is 12.1. The lowest BCUT2D eigenvalue weighted by atomic mass is 10.1. The number of para-hydroxylation sites is 1. The summed E-state index contributed by atoms with van der Waals surface area (Å²) in [4.78, 5) is 13.9. The standard InChI is InChI=1S/C17H27N3O2/c1-17(2,3)22-16(21)20-10-6-8-14(12-20)19-11-13-7-4-5-9-15(13)18/h4-5,7,9,14,19H,6,8,10-12,18H2,1-3H3. The fourth-order valence-electron chi connectivity index (χ4n) is 2.59. The van der Waals surface area contributed by atoms with Crippen molar-refractivity contribution in [3.8, 4) is 0 Å². The molecule has 0 spiro atoms. The SMILES string of the molecule is CC(C)(C)OC(=O)N1CCCC(NCc2ccccc2N)C1. The zero-order valence-corrected chi connectivity index (χ0v) is 13.8. The molecular weight excluding hydrogens is 278 g/mol. The molecule has 0 aliphatic carbocycles. The highest BCUT2D eigenvalue weighted by atomic mass is 16.6. The second-order valence-electron chi connectivity index (χ2n) is 6.85. The second kappa shape index (κ2) is 7.01. The van der Waals surface area contributed by atoms with Gasteiger partial charge in [0.05, 0.1) is 0 Å². The van der Waals surface area contributed by atoms with Crippen LogP contribution in [0.3, 0.4) is 0 Å². The van der Waals surface area contributed by atoms with Gasteiger partial charge >= 0.3 is 6.09 Å². The normalized spacial score (nSPS) is 19.0. The largest absolute Gasteiger partial charge is 0.444 e. The summed E-state index contributed by atoms with van der Waals surface area (Å²) in [5.74, 6) is 0. The van der Waals surface area contributed by atoms with Crippen molar-refractivity contribution in [3.63, 3.8) is 0 Å². The molecule has 1 atom stereocenters. The van der Waals surface area contributed by atoms with E-state index in [1.54, 1.807) is 4.90 Å². The summed E-state index contributed by atoms with van der Waals surface area (Å²) in [6, 6.07) is 8.13. The van der Waals surface area contributed by atoms with Gasteiger partial charge in [-0.05, 0) is 45.2 Å². The molecule has 1 aliphatic rings. The molecule has 0 saturated carbocycles. The molecule has 5 nitrogen and oxygen atoms in total. The van der Waals surface area contributed by atoms with E-state index in [0.29, 0.717) is 6.54 Å². The van der Waals surface area contributed by atoms with Crippen LogP contribution in [0.4, 0.5) is 10.5 Å². The summed E-state index contributed by atoms with van der Waals surface area (Å²) in [6.07, 6.45) is 1.82. The Morgan fingerprint density at radius 3 is 2.82 bits per heavy atom. The summed E-state index contributed by atoms with van der Waals surface area (Å²) < 4.78 is 5.45. The number of carbonyl (C=O) groups excluding carboxylic acids is 1. The van der Waals surface area contributed by atoms with E-state index in [1.165, 1.54) is 0 Å². The van der Waals surface area contributed by atoms with Gasteiger partial charge in [0.1, 0.15) is 5.60 Å². The van der Waals surface area contributed by atoms with Crippen LogP contribution < -0.4 is 11.1 Å². The van der Waals surface area contributed by atoms with Gasteiger partial charge in [0, 0.05) is 31.4 Å². The summed E-state index contributed by atoms with van der Waals surface area (Å²) in [5.41, 5.74) is 7.40. The highest BCUT2D eigenvalue weighted by Gasteiger charge is 2.27. The molecule has 0 radical (unpaired) electrons. The first-order valence-corrected chi connectivity index (χ1v) is 7.90. The number of benzene rings is 1. The first-order valence-electron chi connectivity index (χ1n) is 7.90. The van der Waals surface area contributed by atoms with Crippen LogP contribution in [-0.4, -0.2) is 35.7 Å². The number of piperidine rings is 1. The fourth-order valence-corrected chi connectivity index (χ4v) is 2.59. The summed E-state index contributed by atoms with van der Waals surface area (Å²) in [6.45, 7) is 7.84. The third-order valence-electron chi connectivity index (χ3n) is 3.71. The topological polar surface area (TPSA) is 67.6 Å². The third kappa shape index (κ3) is 4.91. The van der Waals surface area contributed by atoms with Gasteiger partial charge in [-0.3, -0.25) is 0 Å². The molecule has 1 aliphatic heterocycles. The first-order chi connectivity index (χ1) is 10.3. The lowest BCUT2D eigenvalue weighted by Gasteiger charge is -2.34. The van der Waals surface area contributed by atoms with Crippen LogP contribution in [0.2, 0.25) is 0 Å². The first kappa shape index (κ1) is 16.6. The lowest BCUT2D eigenvalue weighted by molar-refractivity contribution is 0.0187. The minimum absolute atomic E-state index is 0.224. The minimum Gasteiger partial charge on any atom is -0.444 e. The van der Waals surface area contributed by atoms with Gasteiger partial charge in [0.25, 0.3) is 0 Å². The number of nitrogens with one attached hydrogen (secondary N) is 1. The molecule has 1 saturated heterocycles. The van der Waals surface area contributed by atoms with Gasteiger partial charge in [-0.2, -0.15) is 0 Å². The van der Waals surface area contributed by atoms with Gasteiger partial charge in [0.15, 0.2) is 0 Å². The van der Waals surface area contributed by atoms with Gasteiger partial charge in [-0.1, -0.05) is 18.2 Å². The molecule has 1 aromatic carbocycles. The van der Waals surface area contributed by atoms with Crippen molar-refractivity contribution in [1.29, 1.82) is 0 Å². The molecule has 5 heteroatoms. The predicted octanol–water partition coefficient (Wildman–Crippen LogP) is 2.76. The molecule has 22 heavy (non-hydrogen) atoms. The number of nitrogen functional groups attached to an aromatic ring is 1. The minimum atomic E-state index is -0.448. The zero-order valence-electron chi connectivity index (χ0n) is 13.8. The van der Waals surface area contributed by atoms with E-state index in [9.17, 15) is 4.79 Å². The van der Waals surface area contributed by atoms with Crippen LogP contribution in [0.25, 0.3) is 0 Å². The average Bonchev–Trinajstić information content (AvgIpc) is 2.45. The van der Waals surface area contributed by atoms with E-state index in [-0.39, 0.29) is 12.1 Å². The average molecular weight is 305 g/mol. The number of amides is 1. The number of hydrogen-bond donors (Lipinski definition) is 2. The molecule has 3 N–H and O–H groups in total. The van der Waals surface area contributed by atoms with Crippen LogP contribution in [0, 0.1) is 0 Å². The molecule has 1 fully saturated rings. The van der Waals surface area contributed by atoms with Crippen LogP contribution in [-0.2, 0) is 11.3 Å². The van der Waals surface area contributed by atoms with E-state index in [0.717, 1.165) is 37.2 Å². The van der Waals surface area contributed by atoms with Crippen LogP contribution in [0.5, 0.6) is 0 Å². The highest BCUT2D eigenvalue weighted by Crippen LogP contribution is 2.16. The van der Waals surface area contributed by atoms with E-state index in [1.807, 2.05) is 45.0 Å². The number of likely N-dealkylation sites (tertiary alicyclic amines) is 1. The highest BCUT2D eigenvalue weighted by molar-refractivity contribution is 5.68. The Balaban J connectivity index is 1.86. The van der Waals surface area contributed by atoms with Crippen molar-refractivity contribution >= 4 is 11.8 Å². The molecule has 0 aromatic heterocycles. The van der Waals surface area contributed by atoms with E-state index in [2.05, 4.69) is 5.32 Å². The number of nitrogens with two attached hydrogens (primary N) is 1. The zero-order chi connectivity index (χ0) is 16.2. The molecular formula is C17H27N3O2. The lowest BCUT2D eigenvalue weighted by Crippen LogP contribution is -2.49. The molecule has 1 unspecified atom stereocenters. The molecule has 1 heterocycles. The van der Waals surface area contributed by atoms with Gasteiger partial charge < -0.3 is 20.7 Å². The Morgan fingerprint density at radius 2 is 2.14 bits per heavy atom. The number of anilines is 1. The summed E-state index contributed by atoms with van der Waals surface area (Å²) in [7, 11) is 0. The molecule has 0 bridgehead atoms.